The van der Waals surface area contributed by atoms with Crippen molar-refractivity contribution in [3.05, 3.63) is 0 Å². The first-order chi connectivity index (χ1) is 44.4. The Morgan fingerprint density at radius 2 is 1.08 bits per heavy atom. The maximum Gasteiger partial charge on any atom is 0.303 e. The largest absolute Gasteiger partial charge is 0.481 e. The number of nitrogens with two attached hydrogens (primary N) is 3. The number of unbranched alkanes of at least 4 members (excludes halogenated alkanes) is 5. The van der Waals surface area contributed by atoms with E-state index in [0.717, 1.165) is 81.5 Å². The van der Waals surface area contributed by atoms with Crippen molar-refractivity contribution in [2.24, 2.45) is 56.8 Å². The van der Waals surface area contributed by atoms with E-state index < -0.39 is 30.0 Å². The van der Waals surface area contributed by atoms with Gasteiger partial charge in [-0.1, -0.05) is 259 Å². The highest BCUT2D eigenvalue weighted by Gasteiger charge is 2.33. The van der Waals surface area contributed by atoms with Gasteiger partial charge in [-0.25, -0.2) is 0 Å². The zero-order chi connectivity index (χ0) is 68.3. The van der Waals surface area contributed by atoms with Crippen LogP contribution < -0.4 is 43.8 Å². The molecule has 3 unspecified atom stereocenters. The standard InChI is InChI=1S/C26H49N9O4S2.C20H36N2O4S2.2C12H22/c1-5-6-13-30-25(29)34-22(38)18(27)11-10-14-31-24(28)33-20(36)12-8-7-9-15-35-16-21(37)32-19(23(35)39)17-40-41-26(2,3)4;1-20(2,3)28-27-14-16(22-18(25)15-10-6-4-7-11-15)19(26)21-13-9-5-8-12-17(23)24;2*1-3-7-11(8-4-1)12-9-5-2-6-10-12/h18-19H,5-17,27H2,1-4H3,(H,32,37)(H3,28,31,33,36)(H3,29,30,34,38);15-16H,4-14H2,1-3H3,(H,21,26)(H,22,25)(H,23,24);2*11-12H,1-10H2. The number of aliphatic carboxylic acids is 1. The van der Waals surface area contributed by atoms with Crippen molar-refractivity contribution < 1.29 is 38.7 Å². The molecule has 6 aliphatic rings. The Kier molecular flexibility index (Phi) is 44.3. The van der Waals surface area contributed by atoms with Crippen LogP contribution in [0.4, 0.5) is 0 Å². The van der Waals surface area contributed by atoms with E-state index in [1.54, 1.807) is 99.4 Å². The van der Waals surface area contributed by atoms with Crippen LogP contribution in [0.2, 0.25) is 0 Å². The van der Waals surface area contributed by atoms with Gasteiger partial charge in [-0.2, -0.15) is 0 Å². The molecule has 5 aliphatic carbocycles. The number of carbonyl (C=O) groups is 7. The number of nitrogens with one attached hydrogen (secondary N) is 5. The Hall–Kier alpha value is -3.41. The molecule has 536 valence electrons. The number of carboxylic acid groups (broad SMARTS) is 1. The fourth-order valence-electron chi connectivity index (χ4n) is 13.1. The van der Waals surface area contributed by atoms with Crippen molar-refractivity contribution in [2.75, 3.05) is 44.2 Å². The summed E-state index contributed by atoms with van der Waals surface area (Å²) in [5.74, 6) is 3.92. The molecule has 1 aliphatic heterocycles. The Bertz CT molecular complexity index is 2120. The monoisotopic (exact) mass is 1380 g/mol. The summed E-state index contributed by atoms with van der Waals surface area (Å²) < 4.78 is 0.157. The van der Waals surface area contributed by atoms with E-state index in [1.165, 1.54) is 83.5 Å². The molecule has 6 rings (SSSR count). The van der Waals surface area contributed by atoms with Gasteiger partial charge in [0, 0.05) is 65.9 Å². The van der Waals surface area contributed by atoms with Crippen molar-refractivity contribution >= 4 is 96.5 Å². The molecule has 6 amide bonds. The van der Waals surface area contributed by atoms with Crippen LogP contribution in [0.1, 0.15) is 286 Å². The summed E-state index contributed by atoms with van der Waals surface area (Å²) in [6.07, 6.45) is 43.3. The summed E-state index contributed by atoms with van der Waals surface area (Å²) in [6.45, 7) is 16.6. The number of aliphatic imine (C=N–C) groups is 2. The summed E-state index contributed by atoms with van der Waals surface area (Å²) in [4.78, 5) is 94.5. The van der Waals surface area contributed by atoms with Gasteiger partial charge in [0.15, 0.2) is 11.9 Å². The lowest BCUT2D eigenvalue weighted by molar-refractivity contribution is -0.143. The first-order valence-electron chi connectivity index (χ1n) is 36.4. The topological polar surface area (TPSA) is 306 Å². The molecule has 1 heterocycles. The molecule has 19 nitrogen and oxygen atoms in total. The smallest absolute Gasteiger partial charge is 0.303 e. The molecule has 0 aromatic heterocycles. The predicted molar refractivity (Wildman–Crippen MR) is 392 cm³/mol. The number of guanidine groups is 2. The number of carbonyl (C=O) groups excluding carboxylic acids is 6. The molecule has 0 aromatic rings. The maximum absolute atomic E-state index is 12.7. The molecule has 23 heteroatoms. The lowest BCUT2D eigenvalue weighted by Gasteiger charge is -2.32. The fourth-order valence-corrected chi connectivity index (χ4v) is 18.0. The summed E-state index contributed by atoms with van der Waals surface area (Å²) >= 11 is 0. The van der Waals surface area contributed by atoms with E-state index in [0.29, 0.717) is 69.8 Å². The summed E-state index contributed by atoms with van der Waals surface area (Å²) in [5, 5.41) is 22.4. The number of amides is 6. The summed E-state index contributed by atoms with van der Waals surface area (Å²) in [7, 11) is 6.60. The molecule has 93 heavy (non-hydrogen) atoms. The molecular formula is C70H129N11O8S4. The van der Waals surface area contributed by atoms with Gasteiger partial charge in [0.1, 0.15) is 12.1 Å². The summed E-state index contributed by atoms with van der Waals surface area (Å²) in [6, 6.07) is -1.80. The minimum absolute atomic E-state index is 0.00247. The van der Waals surface area contributed by atoms with Gasteiger partial charge >= 0.3 is 5.97 Å². The van der Waals surface area contributed by atoms with Crippen LogP contribution in [-0.2, 0) is 33.6 Å². The number of carboxylic acids is 1. The van der Waals surface area contributed by atoms with Gasteiger partial charge < -0.3 is 43.2 Å². The van der Waals surface area contributed by atoms with Crippen molar-refractivity contribution in [2.45, 2.75) is 314 Å². The van der Waals surface area contributed by atoms with Gasteiger partial charge in [0.2, 0.25) is 35.4 Å². The first kappa shape index (κ1) is 83.8. The van der Waals surface area contributed by atoms with Gasteiger partial charge in [-0.05, 0) is 81.5 Å². The molecule has 3 atom stereocenters. The Balaban J connectivity index is 0.000000366. The van der Waals surface area contributed by atoms with Crippen LogP contribution in [0.3, 0.4) is 0 Å². The zero-order valence-electron chi connectivity index (χ0n) is 58.7. The van der Waals surface area contributed by atoms with E-state index in [4.69, 9.17) is 22.3 Å². The highest BCUT2D eigenvalue weighted by Crippen LogP contribution is 2.40. The lowest BCUT2D eigenvalue weighted by atomic mass is 9.73. The first-order valence-corrected chi connectivity index (χ1v) is 41.0. The third kappa shape index (κ3) is 40.8. The second-order valence-corrected chi connectivity index (χ2v) is 35.1. The zero-order valence-corrected chi connectivity index (χ0v) is 62.0. The van der Waals surface area contributed by atoms with Gasteiger partial charge in [-0.3, -0.25) is 54.2 Å². The maximum atomic E-state index is 12.7. The second kappa shape index (κ2) is 49.2. The Morgan fingerprint density at radius 3 is 1.58 bits per heavy atom. The Morgan fingerprint density at radius 1 is 0.602 bits per heavy atom. The van der Waals surface area contributed by atoms with Crippen LogP contribution in [-0.4, -0.2) is 135 Å². The van der Waals surface area contributed by atoms with Gasteiger partial charge in [0.25, 0.3) is 0 Å². The number of hydrogen-bond acceptors (Lipinski definition) is 14. The molecule has 0 radical (unpaired) electrons. The third-order valence-electron chi connectivity index (χ3n) is 18.2. The molecule has 1 saturated heterocycles. The molecule has 0 aromatic carbocycles. The van der Waals surface area contributed by atoms with E-state index in [9.17, 15) is 33.6 Å². The van der Waals surface area contributed by atoms with Crippen LogP contribution in [0.25, 0.3) is 0 Å². The Labute approximate surface area is 577 Å². The number of hydrogen-bond donors (Lipinski definition) is 9. The van der Waals surface area contributed by atoms with Crippen molar-refractivity contribution in [3.8, 4) is 0 Å². The van der Waals surface area contributed by atoms with Crippen LogP contribution >= 0.6 is 43.2 Å². The molecule has 0 bridgehead atoms. The number of nitrogens with zero attached hydrogens (tertiary/aromatic N) is 3. The average molecular weight is 1380 g/mol. The number of piperazine rings is 1. The SMILES string of the molecule is C1CCC(C2CCCCC2)CC1.C1CCC(C2CCCCC2)CC1.CC(C)(C)SSCC(NC(=O)C1CCCCC1)C(=O)NCCCCCC(=O)O.CCCCN=C(N)NC(=O)C(N)CCCN=C(N)NC(=O)CCCCCN1CC(=O)NC(CSSC(C)(C)C)C1=O. The molecule has 5 saturated carbocycles. The van der Waals surface area contributed by atoms with Gasteiger partial charge in [0.05, 0.1) is 12.6 Å². The fraction of sp³-hybridized carbons (Fsp3) is 0.871. The highest BCUT2D eigenvalue weighted by atomic mass is 33.1. The molecule has 6 fully saturated rings. The number of rotatable bonds is 31. The van der Waals surface area contributed by atoms with Crippen LogP contribution in [0.5, 0.6) is 0 Å². The van der Waals surface area contributed by atoms with E-state index in [-0.39, 0.29) is 76.3 Å². The molecule has 0 spiro atoms. The summed E-state index contributed by atoms with van der Waals surface area (Å²) in [5.41, 5.74) is 17.4. The highest BCUT2D eigenvalue weighted by molar-refractivity contribution is 8.77. The van der Waals surface area contributed by atoms with Crippen LogP contribution in [0.15, 0.2) is 9.98 Å². The predicted octanol–water partition coefficient (Wildman–Crippen LogP) is 13.1. The van der Waals surface area contributed by atoms with E-state index >= 15 is 0 Å². The third-order valence-corrected chi connectivity index (χ3v) is 24.9. The quantitative estimate of drug-likeness (QED) is 0.0135. The van der Waals surface area contributed by atoms with Gasteiger partial charge in [-0.15, -0.1) is 0 Å². The molecular weight excluding hydrogens is 1250 g/mol. The van der Waals surface area contributed by atoms with E-state index in [2.05, 4.69) is 78.1 Å². The minimum atomic E-state index is -0.789. The van der Waals surface area contributed by atoms with Crippen molar-refractivity contribution in [1.29, 1.82) is 0 Å². The molecule has 12 N–H and O–H groups in total. The van der Waals surface area contributed by atoms with Crippen molar-refractivity contribution in [1.82, 2.24) is 31.5 Å². The van der Waals surface area contributed by atoms with Crippen LogP contribution in [0, 0.1) is 29.6 Å². The van der Waals surface area contributed by atoms with E-state index in [1.807, 2.05) is 6.92 Å². The lowest BCUT2D eigenvalue weighted by Crippen LogP contribution is -2.59. The van der Waals surface area contributed by atoms with Crippen molar-refractivity contribution in [3.63, 3.8) is 0 Å². The second-order valence-electron chi connectivity index (χ2n) is 28.8. The normalized spacial score (nSPS) is 20.0. The average Bonchev–Trinajstić information content (AvgIpc) is 1.10. The minimum Gasteiger partial charge on any atom is -0.481 e.